The molecule has 0 saturated carbocycles. The molecule has 3 heterocycles. The number of halogens is 4. The van der Waals surface area contributed by atoms with Gasteiger partial charge in [-0.2, -0.15) is 18.2 Å². The maximum Gasteiger partial charge on any atom is 0.261 e. The van der Waals surface area contributed by atoms with Crippen LogP contribution >= 0.6 is 22.9 Å². The zero-order valence-electron chi connectivity index (χ0n) is 15.1. The van der Waals surface area contributed by atoms with Gasteiger partial charge in [0.15, 0.2) is 0 Å². The molecule has 0 aliphatic rings. The average Bonchev–Trinajstić information content (AvgIpc) is 3.13. The number of nitrogens with two attached hydrogens (primary N) is 1. The normalized spacial score (nSPS) is 11.1. The number of rotatable bonds is 6. The third-order valence-electron chi connectivity index (χ3n) is 4.21. The van der Waals surface area contributed by atoms with Gasteiger partial charge in [0.05, 0.1) is 10.4 Å². The molecule has 1 aromatic carbocycles. The number of nitrogen functional groups attached to an aromatic ring is 1. The maximum atomic E-state index is 13.9. The van der Waals surface area contributed by atoms with Crippen molar-refractivity contribution in [2.24, 2.45) is 0 Å². The first-order chi connectivity index (χ1) is 14.4. The van der Waals surface area contributed by atoms with Crippen molar-refractivity contribution in [2.45, 2.75) is 6.42 Å². The molecule has 3 aromatic heterocycles. The largest absolute Gasteiger partial charge is 0.436 e. The van der Waals surface area contributed by atoms with Gasteiger partial charge < -0.3 is 15.8 Å². The van der Waals surface area contributed by atoms with Gasteiger partial charge in [-0.05, 0) is 24.1 Å². The average molecular weight is 452 g/mol. The van der Waals surface area contributed by atoms with E-state index < -0.39 is 29.1 Å². The summed E-state index contributed by atoms with van der Waals surface area (Å²) in [6.45, 7) is 0.578. The summed E-state index contributed by atoms with van der Waals surface area (Å²) < 4.78 is 45.6. The van der Waals surface area contributed by atoms with Crippen molar-refractivity contribution in [2.75, 3.05) is 17.6 Å². The Balaban J connectivity index is 1.40. The SMILES string of the molecule is Nc1c(F)c(F)nc(Oc2ccc(CCNc3ncnc4scc(Cl)c34)cc2)c1F. The van der Waals surface area contributed by atoms with Gasteiger partial charge in [-0.15, -0.1) is 11.3 Å². The Hall–Kier alpha value is -3.11. The predicted octanol–water partition coefficient (Wildman–Crippen LogP) is 5.19. The third kappa shape index (κ3) is 3.96. The van der Waals surface area contributed by atoms with Crippen LogP contribution in [0.3, 0.4) is 0 Å². The standard InChI is InChI=1S/C19H13ClF3N5OS/c20-11-7-30-19-12(11)17(26-8-27-19)25-6-5-9-1-3-10(4-2-9)29-18-14(22)15(24)13(21)16(23)28-18/h1-4,7-8H,5-6H2,(H2,24,28)(H,25,26,27). The Bertz CT molecular complexity index is 1220. The quantitative estimate of drug-likeness (QED) is 0.392. The minimum Gasteiger partial charge on any atom is -0.436 e. The molecule has 0 amide bonds. The fraction of sp³-hybridized carbons (Fsp3) is 0.105. The molecule has 0 aliphatic heterocycles. The monoisotopic (exact) mass is 451 g/mol. The lowest BCUT2D eigenvalue weighted by Crippen LogP contribution is -2.07. The Labute approximate surface area is 177 Å². The second-order valence-corrected chi connectivity index (χ2v) is 7.42. The number of aromatic nitrogens is 3. The maximum absolute atomic E-state index is 13.9. The smallest absolute Gasteiger partial charge is 0.261 e. The van der Waals surface area contributed by atoms with Crippen LogP contribution in [0.25, 0.3) is 10.2 Å². The molecule has 6 nitrogen and oxygen atoms in total. The third-order valence-corrected chi connectivity index (χ3v) is 5.52. The molecule has 4 rings (SSSR count). The van der Waals surface area contributed by atoms with E-state index in [1.54, 1.807) is 24.3 Å². The highest BCUT2D eigenvalue weighted by atomic mass is 35.5. The lowest BCUT2D eigenvalue weighted by molar-refractivity contribution is 0.390. The minimum atomic E-state index is -1.55. The van der Waals surface area contributed by atoms with Crippen LogP contribution in [0.4, 0.5) is 24.7 Å². The summed E-state index contributed by atoms with van der Waals surface area (Å²) in [5, 5.41) is 6.42. The fourth-order valence-electron chi connectivity index (χ4n) is 2.71. The van der Waals surface area contributed by atoms with E-state index in [1.165, 1.54) is 17.7 Å². The van der Waals surface area contributed by atoms with E-state index in [1.807, 2.05) is 5.38 Å². The first-order valence-corrected chi connectivity index (χ1v) is 9.88. The molecule has 0 bridgehead atoms. The molecule has 0 atom stereocenters. The van der Waals surface area contributed by atoms with E-state index in [4.69, 9.17) is 22.1 Å². The molecule has 154 valence electrons. The molecule has 0 saturated heterocycles. The Morgan fingerprint density at radius 2 is 1.87 bits per heavy atom. The van der Waals surface area contributed by atoms with Gasteiger partial charge in [0.2, 0.25) is 11.6 Å². The van der Waals surface area contributed by atoms with Gasteiger partial charge in [-0.25, -0.2) is 9.97 Å². The predicted molar refractivity (Wildman–Crippen MR) is 110 cm³/mol. The second kappa shape index (κ2) is 8.33. The van der Waals surface area contributed by atoms with Gasteiger partial charge in [-0.1, -0.05) is 23.7 Å². The number of anilines is 2. The summed E-state index contributed by atoms with van der Waals surface area (Å²) in [5.74, 6) is -4.22. The van der Waals surface area contributed by atoms with E-state index in [0.717, 1.165) is 15.8 Å². The zero-order chi connectivity index (χ0) is 21.3. The van der Waals surface area contributed by atoms with Crippen LogP contribution in [0, 0.1) is 17.6 Å². The molecular weight excluding hydrogens is 439 g/mol. The number of thiophene rings is 1. The number of ether oxygens (including phenoxy) is 1. The van der Waals surface area contributed by atoms with Gasteiger partial charge >= 0.3 is 0 Å². The minimum absolute atomic E-state index is 0.200. The lowest BCUT2D eigenvalue weighted by atomic mass is 10.1. The number of hydrogen-bond acceptors (Lipinski definition) is 7. The van der Waals surface area contributed by atoms with Gasteiger partial charge in [0.25, 0.3) is 11.8 Å². The highest BCUT2D eigenvalue weighted by Crippen LogP contribution is 2.32. The van der Waals surface area contributed by atoms with Crippen molar-refractivity contribution in [3.63, 3.8) is 0 Å². The molecule has 30 heavy (non-hydrogen) atoms. The molecule has 0 fully saturated rings. The van der Waals surface area contributed by atoms with Crippen LogP contribution in [-0.4, -0.2) is 21.5 Å². The molecule has 0 aliphatic carbocycles. The number of pyridine rings is 1. The molecule has 0 radical (unpaired) electrons. The Kier molecular flexibility index (Phi) is 5.60. The number of nitrogens with zero attached hydrogens (tertiary/aromatic N) is 3. The van der Waals surface area contributed by atoms with Gasteiger partial charge in [-0.3, -0.25) is 0 Å². The molecule has 11 heteroatoms. The van der Waals surface area contributed by atoms with Crippen LogP contribution in [0.5, 0.6) is 11.6 Å². The highest BCUT2D eigenvalue weighted by Gasteiger charge is 2.19. The van der Waals surface area contributed by atoms with E-state index in [-0.39, 0.29) is 5.75 Å². The molecule has 0 spiro atoms. The molecular formula is C19H13ClF3N5OS. The molecule has 0 unspecified atom stereocenters. The van der Waals surface area contributed by atoms with Crippen LogP contribution in [0.2, 0.25) is 5.02 Å². The number of nitrogens with one attached hydrogen (secondary N) is 1. The second-order valence-electron chi connectivity index (χ2n) is 6.16. The summed E-state index contributed by atoms with van der Waals surface area (Å²) in [6, 6.07) is 6.63. The molecule has 4 aromatic rings. The zero-order valence-corrected chi connectivity index (χ0v) is 16.7. The number of benzene rings is 1. The first-order valence-electron chi connectivity index (χ1n) is 8.62. The Morgan fingerprint density at radius 1 is 1.10 bits per heavy atom. The van der Waals surface area contributed by atoms with E-state index in [0.29, 0.717) is 23.8 Å². The van der Waals surface area contributed by atoms with Crippen molar-refractivity contribution >= 4 is 44.7 Å². The first kappa shape index (κ1) is 20.2. The number of fused-ring (bicyclic) bond motifs is 1. The van der Waals surface area contributed by atoms with Gasteiger partial charge in [0, 0.05) is 11.9 Å². The van der Waals surface area contributed by atoms with E-state index in [2.05, 4.69) is 20.3 Å². The summed E-state index contributed by atoms with van der Waals surface area (Å²) >= 11 is 7.63. The summed E-state index contributed by atoms with van der Waals surface area (Å²) in [5.41, 5.74) is 5.14. The van der Waals surface area contributed by atoms with Gasteiger partial charge in [0.1, 0.15) is 28.4 Å². The summed E-state index contributed by atoms with van der Waals surface area (Å²) in [4.78, 5) is 12.3. The highest BCUT2D eigenvalue weighted by molar-refractivity contribution is 7.17. The van der Waals surface area contributed by atoms with Crippen molar-refractivity contribution in [1.29, 1.82) is 0 Å². The van der Waals surface area contributed by atoms with Crippen LogP contribution < -0.4 is 15.8 Å². The van der Waals surface area contributed by atoms with Crippen molar-refractivity contribution in [1.82, 2.24) is 15.0 Å². The lowest BCUT2D eigenvalue weighted by Gasteiger charge is -2.10. The van der Waals surface area contributed by atoms with Crippen molar-refractivity contribution < 1.29 is 17.9 Å². The van der Waals surface area contributed by atoms with Crippen LogP contribution in [-0.2, 0) is 6.42 Å². The number of hydrogen-bond donors (Lipinski definition) is 2. The summed E-state index contributed by atoms with van der Waals surface area (Å²) in [6.07, 6.45) is 2.13. The van der Waals surface area contributed by atoms with Crippen molar-refractivity contribution in [3.8, 4) is 11.6 Å². The van der Waals surface area contributed by atoms with Crippen LogP contribution in [0.1, 0.15) is 5.56 Å². The van der Waals surface area contributed by atoms with E-state index >= 15 is 0 Å². The van der Waals surface area contributed by atoms with Crippen molar-refractivity contribution in [3.05, 3.63) is 64.1 Å². The van der Waals surface area contributed by atoms with Crippen LogP contribution in [0.15, 0.2) is 36.0 Å². The molecule has 3 N–H and O–H groups in total. The van der Waals surface area contributed by atoms with E-state index in [9.17, 15) is 13.2 Å². The summed E-state index contributed by atoms with van der Waals surface area (Å²) in [7, 11) is 0. The fourth-order valence-corrected chi connectivity index (χ4v) is 3.85. The topological polar surface area (TPSA) is 86.0 Å². The Morgan fingerprint density at radius 3 is 2.63 bits per heavy atom.